The molecule has 0 saturated carbocycles. The van der Waals surface area contributed by atoms with Crippen molar-refractivity contribution >= 4 is 51.2 Å². The van der Waals surface area contributed by atoms with E-state index in [1.54, 1.807) is 48.5 Å². The number of hydrogen-bond donors (Lipinski definition) is 2. The standard InChI is InChI=1S/C24H22BrN3O5S/c1-3-33-17-9-7-16(8-10-17)27-19(29)13-34-23-18(12-26)20(14-5-4-6-15(25)11-14)21(22(30)28-23)24(31)32-2/h4-11,20-21H,3,13H2,1-2H3,(H,27,29)(H,28,30)/t20-,21+/m1/s1. The van der Waals surface area contributed by atoms with Gasteiger partial charge in [-0.3, -0.25) is 14.4 Å². The van der Waals surface area contributed by atoms with Crippen LogP contribution < -0.4 is 15.4 Å². The Balaban J connectivity index is 1.82. The SMILES string of the molecule is CCOc1ccc(NC(=O)CSC2=C(C#N)[C@@H](c3cccc(Br)c3)[C@H](C(=O)OC)C(=O)N2)cc1. The molecule has 0 fully saturated rings. The third-order valence-corrected chi connectivity index (χ3v) is 6.50. The maximum absolute atomic E-state index is 12.9. The van der Waals surface area contributed by atoms with Crippen molar-refractivity contribution in [2.24, 2.45) is 5.92 Å². The Morgan fingerprint density at radius 2 is 1.97 bits per heavy atom. The van der Waals surface area contributed by atoms with Gasteiger partial charge in [-0.1, -0.05) is 39.8 Å². The van der Waals surface area contributed by atoms with E-state index >= 15 is 0 Å². The lowest BCUT2D eigenvalue weighted by Crippen LogP contribution is -2.44. The molecule has 0 aromatic heterocycles. The van der Waals surface area contributed by atoms with E-state index in [0.717, 1.165) is 16.2 Å². The zero-order valence-electron chi connectivity index (χ0n) is 18.5. The van der Waals surface area contributed by atoms with Crippen molar-refractivity contribution in [2.45, 2.75) is 12.8 Å². The van der Waals surface area contributed by atoms with Crippen molar-refractivity contribution in [3.63, 3.8) is 0 Å². The van der Waals surface area contributed by atoms with E-state index in [0.29, 0.717) is 23.6 Å². The maximum atomic E-state index is 12.9. The molecule has 0 radical (unpaired) electrons. The van der Waals surface area contributed by atoms with Gasteiger partial charge in [0.15, 0.2) is 0 Å². The van der Waals surface area contributed by atoms with Crippen LogP contribution in [0.2, 0.25) is 0 Å². The van der Waals surface area contributed by atoms with Gasteiger partial charge < -0.3 is 20.1 Å². The number of carbonyl (C=O) groups excluding carboxylic acids is 3. The molecule has 0 unspecified atom stereocenters. The Labute approximate surface area is 209 Å². The fourth-order valence-corrected chi connectivity index (χ4v) is 4.78. The second-order valence-electron chi connectivity index (χ2n) is 7.17. The van der Waals surface area contributed by atoms with Crippen LogP contribution in [0.5, 0.6) is 5.75 Å². The number of methoxy groups -OCH3 is 1. The highest BCUT2D eigenvalue weighted by molar-refractivity contribution is 9.10. The van der Waals surface area contributed by atoms with E-state index in [9.17, 15) is 19.6 Å². The summed E-state index contributed by atoms with van der Waals surface area (Å²) in [6.45, 7) is 2.43. The van der Waals surface area contributed by atoms with Crippen molar-refractivity contribution in [3.8, 4) is 11.8 Å². The minimum absolute atomic E-state index is 0.0535. The molecule has 10 heteroatoms. The lowest BCUT2D eigenvalue weighted by atomic mass is 9.78. The lowest BCUT2D eigenvalue weighted by Gasteiger charge is -2.31. The number of allylic oxidation sites excluding steroid dienone is 1. The van der Waals surface area contributed by atoms with Crippen LogP contribution >= 0.6 is 27.7 Å². The highest BCUT2D eigenvalue weighted by Crippen LogP contribution is 2.40. The summed E-state index contributed by atoms with van der Waals surface area (Å²) in [4.78, 5) is 37.8. The molecule has 2 aromatic carbocycles. The first-order chi connectivity index (χ1) is 16.4. The summed E-state index contributed by atoms with van der Waals surface area (Å²) >= 11 is 4.41. The Morgan fingerprint density at radius 3 is 2.59 bits per heavy atom. The van der Waals surface area contributed by atoms with Crippen LogP contribution in [0.3, 0.4) is 0 Å². The molecule has 2 aromatic rings. The molecule has 1 aliphatic rings. The van der Waals surface area contributed by atoms with Crippen LogP contribution in [0.15, 0.2) is 63.6 Å². The van der Waals surface area contributed by atoms with Crippen molar-refractivity contribution in [1.29, 1.82) is 5.26 Å². The van der Waals surface area contributed by atoms with Gasteiger partial charge in [0.05, 0.1) is 36.1 Å². The second-order valence-corrected chi connectivity index (χ2v) is 9.07. The van der Waals surface area contributed by atoms with Gasteiger partial charge in [-0.15, -0.1) is 0 Å². The maximum Gasteiger partial charge on any atom is 0.319 e. The minimum atomic E-state index is -1.23. The van der Waals surface area contributed by atoms with E-state index in [2.05, 4.69) is 32.6 Å². The first-order valence-corrected chi connectivity index (χ1v) is 12.1. The zero-order chi connectivity index (χ0) is 24.7. The highest BCUT2D eigenvalue weighted by Gasteiger charge is 2.44. The molecule has 1 heterocycles. The monoisotopic (exact) mass is 543 g/mol. The largest absolute Gasteiger partial charge is 0.494 e. The summed E-state index contributed by atoms with van der Waals surface area (Å²) in [7, 11) is 1.19. The number of amides is 2. The van der Waals surface area contributed by atoms with Crippen molar-refractivity contribution in [3.05, 3.63) is 69.2 Å². The van der Waals surface area contributed by atoms with Gasteiger partial charge >= 0.3 is 5.97 Å². The lowest BCUT2D eigenvalue weighted by molar-refractivity contribution is -0.150. The number of esters is 1. The summed E-state index contributed by atoms with van der Waals surface area (Å²) in [6.07, 6.45) is 0. The van der Waals surface area contributed by atoms with Crippen LogP contribution in [0, 0.1) is 17.2 Å². The predicted molar refractivity (Wildman–Crippen MR) is 132 cm³/mol. The quantitative estimate of drug-likeness (QED) is 0.382. The molecule has 0 bridgehead atoms. The van der Waals surface area contributed by atoms with Gasteiger partial charge in [-0.2, -0.15) is 5.26 Å². The molecule has 1 aliphatic heterocycles. The number of anilines is 1. The first-order valence-electron chi connectivity index (χ1n) is 10.3. The number of rotatable bonds is 8. The average Bonchev–Trinajstić information content (AvgIpc) is 2.83. The van der Waals surface area contributed by atoms with Crippen LogP contribution in [0.4, 0.5) is 5.69 Å². The molecule has 2 amide bonds. The minimum Gasteiger partial charge on any atom is -0.494 e. The predicted octanol–water partition coefficient (Wildman–Crippen LogP) is 3.96. The Kier molecular flexibility index (Phi) is 8.73. The van der Waals surface area contributed by atoms with Crippen molar-refractivity contribution < 1.29 is 23.9 Å². The van der Waals surface area contributed by atoms with E-state index in [1.165, 1.54) is 7.11 Å². The summed E-state index contributed by atoms with van der Waals surface area (Å²) in [5.74, 6) is -3.08. The molecule has 2 N–H and O–H groups in total. The molecule has 0 aliphatic carbocycles. The van der Waals surface area contributed by atoms with Crippen LogP contribution in [0.1, 0.15) is 18.4 Å². The molecule has 0 saturated heterocycles. The molecule has 176 valence electrons. The Bertz CT molecular complexity index is 1160. The molecular formula is C24H22BrN3O5S. The van der Waals surface area contributed by atoms with Gasteiger partial charge in [0, 0.05) is 16.1 Å². The molecule has 0 spiro atoms. The molecule has 34 heavy (non-hydrogen) atoms. The molecular weight excluding hydrogens is 522 g/mol. The van der Waals surface area contributed by atoms with Gasteiger partial charge in [0.25, 0.3) is 0 Å². The fraction of sp³-hybridized carbons (Fsp3) is 0.250. The number of carbonyl (C=O) groups is 3. The van der Waals surface area contributed by atoms with E-state index in [1.807, 2.05) is 6.92 Å². The number of thioether (sulfide) groups is 1. The van der Waals surface area contributed by atoms with Crippen LogP contribution in [-0.4, -0.2) is 37.3 Å². The average molecular weight is 544 g/mol. The number of hydrogen-bond acceptors (Lipinski definition) is 7. The van der Waals surface area contributed by atoms with Crippen molar-refractivity contribution in [1.82, 2.24) is 5.32 Å². The third-order valence-electron chi connectivity index (χ3n) is 4.99. The van der Waals surface area contributed by atoms with Gasteiger partial charge in [-0.05, 0) is 48.9 Å². The number of nitrogens with zero attached hydrogens (tertiary/aromatic N) is 1. The summed E-state index contributed by atoms with van der Waals surface area (Å²) in [6, 6.07) is 16.1. The number of nitriles is 1. The second kappa shape index (κ2) is 11.7. The number of nitrogens with one attached hydrogen (secondary N) is 2. The topological polar surface area (TPSA) is 118 Å². The fourth-order valence-electron chi connectivity index (χ4n) is 3.52. The summed E-state index contributed by atoms with van der Waals surface area (Å²) < 4.78 is 11.0. The molecule has 2 atom stereocenters. The van der Waals surface area contributed by atoms with Gasteiger partial charge in [0.2, 0.25) is 11.8 Å². The molecule has 3 rings (SSSR count). The third kappa shape index (κ3) is 5.98. The van der Waals surface area contributed by atoms with E-state index < -0.39 is 23.7 Å². The Hall–Kier alpha value is -3.29. The van der Waals surface area contributed by atoms with E-state index in [4.69, 9.17) is 9.47 Å². The van der Waals surface area contributed by atoms with Crippen molar-refractivity contribution in [2.75, 3.05) is 24.8 Å². The Morgan fingerprint density at radius 1 is 1.24 bits per heavy atom. The smallest absolute Gasteiger partial charge is 0.319 e. The summed E-state index contributed by atoms with van der Waals surface area (Å²) in [5.41, 5.74) is 1.38. The van der Waals surface area contributed by atoms with Gasteiger partial charge in [-0.25, -0.2) is 0 Å². The van der Waals surface area contributed by atoms with Crippen LogP contribution in [-0.2, 0) is 19.1 Å². The number of benzene rings is 2. The van der Waals surface area contributed by atoms with E-state index in [-0.39, 0.29) is 22.3 Å². The highest BCUT2D eigenvalue weighted by atomic mass is 79.9. The normalized spacial score (nSPS) is 17.4. The first kappa shape index (κ1) is 25.3. The number of ether oxygens (including phenoxy) is 2. The zero-order valence-corrected chi connectivity index (χ0v) is 20.9. The summed E-state index contributed by atoms with van der Waals surface area (Å²) in [5, 5.41) is 15.6. The van der Waals surface area contributed by atoms with Gasteiger partial charge in [0.1, 0.15) is 11.7 Å². The van der Waals surface area contributed by atoms with Crippen LogP contribution in [0.25, 0.3) is 0 Å². The number of halogens is 1. The molecule has 8 nitrogen and oxygen atoms in total.